The molecule has 2 heterocycles. The van der Waals surface area contributed by atoms with Crippen molar-refractivity contribution in [2.45, 2.75) is 18.8 Å². The van der Waals surface area contributed by atoms with Crippen molar-refractivity contribution in [3.05, 3.63) is 54.2 Å². The van der Waals surface area contributed by atoms with E-state index in [1.165, 1.54) is 19.2 Å². The van der Waals surface area contributed by atoms with E-state index < -0.39 is 0 Å². The van der Waals surface area contributed by atoms with Gasteiger partial charge in [-0.05, 0) is 49.2 Å². The molecule has 1 aliphatic rings. The topological polar surface area (TPSA) is 89.7 Å². The van der Waals surface area contributed by atoms with Crippen molar-refractivity contribution in [3.63, 3.8) is 0 Å². The SMILES string of the molecule is COc1cccc(NC(=O)N2CCC(c3nnc(-c4ccc(F)cc4)o3)CC2)c1OC. The number of carbonyl (C=O) groups is 1. The molecule has 162 valence electrons. The summed E-state index contributed by atoms with van der Waals surface area (Å²) in [5.41, 5.74) is 1.22. The Bertz CT molecular complexity index is 1050. The van der Waals surface area contributed by atoms with Crippen LogP contribution in [-0.4, -0.2) is 48.4 Å². The maximum absolute atomic E-state index is 13.1. The number of para-hydroxylation sites is 1. The molecule has 1 saturated heterocycles. The number of aromatic nitrogens is 2. The molecule has 9 heteroatoms. The number of methoxy groups -OCH3 is 2. The molecular formula is C22H23FN4O4. The van der Waals surface area contributed by atoms with Crippen molar-refractivity contribution in [1.82, 2.24) is 15.1 Å². The highest BCUT2D eigenvalue weighted by Crippen LogP contribution is 2.35. The second kappa shape index (κ2) is 9.03. The van der Waals surface area contributed by atoms with Crippen molar-refractivity contribution in [3.8, 4) is 23.0 Å². The standard InChI is InChI=1S/C22H23FN4O4/c1-29-18-5-3-4-17(19(18)30-2)24-22(28)27-12-10-15(11-13-27)21-26-25-20(31-21)14-6-8-16(23)9-7-14/h3-9,15H,10-13H2,1-2H3,(H,24,28). The summed E-state index contributed by atoms with van der Waals surface area (Å²) >= 11 is 0. The highest BCUT2D eigenvalue weighted by atomic mass is 19.1. The summed E-state index contributed by atoms with van der Waals surface area (Å²) in [5, 5.41) is 11.1. The van der Waals surface area contributed by atoms with Gasteiger partial charge in [-0.2, -0.15) is 0 Å². The average molecular weight is 426 g/mol. The third-order valence-electron chi connectivity index (χ3n) is 5.31. The lowest BCUT2D eigenvalue weighted by atomic mass is 9.97. The largest absolute Gasteiger partial charge is 0.493 e. The Morgan fingerprint density at radius 1 is 1.10 bits per heavy atom. The van der Waals surface area contributed by atoms with Gasteiger partial charge in [-0.3, -0.25) is 0 Å². The van der Waals surface area contributed by atoms with Gasteiger partial charge in [0.2, 0.25) is 11.8 Å². The molecule has 1 fully saturated rings. The number of hydrogen-bond acceptors (Lipinski definition) is 6. The predicted octanol–water partition coefficient (Wildman–Crippen LogP) is 4.30. The van der Waals surface area contributed by atoms with Gasteiger partial charge in [-0.1, -0.05) is 6.07 Å². The Morgan fingerprint density at radius 3 is 2.52 bits per heavy atom. The van der Waals surface area contributed by atoms with Gasteiger partial charge >= 0.3 is 6.03 Å². The third-order valence-corrected chi connectivity index (χ3v) is 5.31. The number of nitrogens with zero attached hydrogens (tertiary/aromatic N) is 3. The van der Waals surface area contributed by atoms with Crippen LogP contribution in [0.25, 0.3) is 11.5 Å². The predicted molar refractivity (Wildman–Crippen MR) is 112 cm³/mol. The summed E-state index contributed by atoms with van der Waals surface area (Å²) in [6.45, 7) is 1.11. The molecule has 1 N–H and O–H groups in total. The molecule has 1 aliphatic heterocycles. The number of likely N-dealkylation sites (tertiary alicyclic amines) is 1. The van der Waals surface area contributed by atoms with Crippen LogP contribution >= 0.6 is 0 Å². The molecule has 31 heavy (non-hydrogen) atoms. The number of ether oxygens (including phenoxy) is 2. The highest BCUT2D eigenvalue weighted by molar-refractivity contribution is 5.91. The van der Waals surface area contributed by atoms with Crippen LogP contribution < -0.4 is 14.8 Å². The fourth-order valence-corrected chi connectivity index (χ4v) is 3.62. The van der Waals surface area contributed by atoms with Crippen LogP contribution in [0, 0.1) is 5.82 Å². The maximum atomic E-state index is 13.1. The summed E-state index contributed by atoms with van der Waals surface area (Å²) in [7, 11) is 3.08. The Kier molecular flexibility index (Phi) is 6.01. The second-order valence-electron chi connectivity index (χ2n) is 7.18. The number of piperidine rings is 1. The minimum atomic E-state index is -0.319. The zero-order valence-electron chi connectivity index (χ0n) is 17.3. The van der Waals surface area contributed by atoms with Gasteiger partial charge in [-0.25, -0.2) is 9.18 Å². The number of benzene rings is 2. The molecule has 2 aromatic carbocycles. The lowest BCUT2D eigenvalue weighted by molar-refractivity contribution is 0.190. The summed E-state index contributed by atoms with van der Waals surface area (Å²) in [5.74, 6) is 1.67. The molecular weight excluding hydrogens is 403 g/mol. The summed E-state index contributed by atoms with van der Waals surface area (Å²) in [6.07, 6.45) is 1.40. The second-order valence-corrected chi connectivity index (χ2v) is 7.18. The molecule has 0 bridgehead atoms. The van der Waals surface area contributed by atoms with Gasteiger partial charge in [0.1, 0.15) is 5.82 Å². The summed E-state index contributed by atoms with van der Waals surface area (Å²) < 4.78 is 29.5. The van der Waals surface area contributed by atoms with Crippen LogP contribution in [-0.2, 0) is 0 Å². The lowest BCUT2D eigenvalue weighted by Gasteiger charge is -2.30. The van der Waals surface area contributed by atoms with Gasteiger partial charge in [0, 0.05) is 24.6 Å². The monoisotopic (exact) mass is 426 g/mol. The average Bonchev–Trinajstić information content (AvgIpc) is 3.29. The van der Waals surface area contributed by atoms with E-state index >= 15 is 0 Å². The van der Waals surface area contributed by atoms with Gasteiger partial charge in [0.05, 0.1) is 19.9 Å². The van der Waals surface area contributed by atoms with E-state index in [4.69, 9.17) is 13.9 Å². The van der Waals surface area contributed by atoms with Crippen molar-refractivity contribution in [1.29, 1.82) is 0 Å². The molecule has 8 nitrogen and oxygen atoms in total. The van der Waals surface area contributed by atoms with Gasteiger partial charge < -0.3 is 24.1 Å². The number of amides is 2. The fraction of sp³-hybridized carbons (Fsp3) is 0.318. The Morgan fingerprint density at radius 2 is 1.84 bits per heavy atom. The molecule has 0 saturated carbocycles. The zero-order valence-corrected chi connectivity index (χ0v) is 17.3. The Balaban J connectivity index is 1.37. The van der Waals surface area contributed by atoms with Gasteiger partial charge in [0.25, 0.3) is 0 Å². The molecule has 3 aromatic rings. The first-order valence-electron chi connectivity index (χ1n) is 9.95. The Hall–Kier alpha value is -3.62. The van der Waals surface area contributed by atoms with E-state index in [-0.39, 0.29) is 17.8 Å². The molecule has 2 amide bonds. The first kappa shape index (κ1) is 20.6. The van der Waals surface area contributed by atoms with E-state index in [0.29, 0.717) is 60.5 Å². The number of hydrogen-bond donors (Lipinski definition) is 1. The number of urea groups is 1. The lowest BCUT2D eigenvalue weighted by Crippen LogP contribution is -2.40. The summed E-state index contributed by atoms with van der Waals surface area (Å²) in [4.78, 5) is 14.5. The molecule has 0 atom stereocenters. The van der Waals surface area contributed by atoms with Crippen LogP contribution in [0.2, 0.25) is 0 Å². The van der Waals surface area contributed by atoms with Crippen LogP contribution in [0.3, 0.4) is 0 Å². The molecule has 0 aliphatic carbocycles. The minimum absolute atomic E-state index is 0.0668. The van der Waals surface area contributed by atoms with Crippen molar-refractivity contribution in [2.75, 3.05) is 32.6 Å². The Labute approximate surface area is 179 Å². The third kappa shape index (κ3) is 4.45. The molecule has 4 rings (SSSR count). The first-order valence-corrected chi connectivity index (χ1v) is 9.95. The number of nitrogens with one attached hydrogen (secondary N) is 1. The van der Waals surface area contributed by atoms with Crippen molar-refractivity contribution in [2.24, 2.45) is 0 Å². The smallest absolute Gasteiger partial charge is 0.321 e. The van der Waals surface area contributed by atoms with Crippen LogP contribution in [0.1, 0.15) is 24.7 Å². The first-order chi connectivity index (χ1) is 15.1. The quantitative estimate of drug-likeness (QED) is 0.654. The number of halogens is 1. The van der Waals surface area contributed by atoms with Crippen LogP contribution in [0.5, 0.6) is 11.5 Å². The van der Waals surface area contributed by atoms with E-state index in [0.717, 1.165) is 0 Å². The molecule has 0 unspecified atom stereocenters. The fourth-order valence-electron chi connectivity index (χ4n) is 3.62. The molecule has 0 radical (unpaired) electrons. The molecule has 0 spiro atoms. The van der Waals surface area contributed by atoms with Crippen molar-refractivity contribution >= 4 is 11.7 Å². The van der Waals surface area contributed by atoms with Gasteiger partial charge in [-0.15, -0.1) is 10.2 Å². The van der Waals surface area contributed by atoms with E-state index in [1.807, 2.05) is 0 Å². The van der Waals surface area contributed by atoms with E-state index in [9.17, 15) is 9.18 Å². The van der Waals surface area contributed by atoms with Gasteiger partial charge in [0.15, 0.2) is 11.5 Å². The maximum Gasteiger partial charge on any atom is 0.321 e. The van der Waals surface area contributed by atoms with E-state index in [1.54, 1.807) is 42.3 Å². The van der Waals surface area contributed by atoms with Crippen LogP contribution in [0.4, 0.5) is 14.9 Å². The number of anilines is 1. The zero-order chi connectivity index (χ0) is 21.8. The molecule has 1 aromatic heterocycles. The normalized spacial score (nSPS) is 14.4. The van der Waals surface area contributed by atoms with Crippen molar-refractivity contribution < 1.29 is 23.1 Å². The minimum Gasteiger partial charge on any atom is -0.493 e. The van der Waals surface area contributed by atoms with Crippen LogP contribution in [0.15, 0.2) is 46.9 Å². The summed E-state index contributed by atoms with van der Waals surface area (Å²) in [6, 6.07) is 11.0. The number of carbonyl (C=O) groups excluding carboxylic acids is 1. The number of rotatable bonds is 5. The highest BCUT2D eigenvalue weighted by Gasteiger charge is 2.28. The van der Waals surface area contributed by atoms with E-state index in [2.05, 4.69) is 15.5 Å².